The van der Waals surface area contributed by atoms with Gasteiger partial charge in [-0.1, -0.05) is 30.3 Å². The monoisotopic (exact) mass is 515 g/mol. The fourth-order valence-corrected chi connectivity index (χ4v) is 3.55. The number of ether oxygens (including phenoxy) is 1. The summed E-state index contributed by atoms with van der Waals surface area (Å²) < 4.78 is 17.8. The fourth-order valence-electron chi connectivity index (χ4n) is 2.60. The van der Waals surface area contributed by atoms with E-state index < -0.39 is 10.8 Å². The molecule has 0 amide bonds. The van der Waals surface area contributed by atoms with Crippen LogP contribution in [0.5, 0.6) is 5.75 Å². The Hall–Kier alpha value is -1.61. The summed E-state index contributed by atoms with van der Waals surface area (Å²) in [5, 5.41) is 3.30. The first-order valence-corrected chi connectivity index (χ1v) is 10.6. The standard InChI is InChI=1S/C21H29N3O2S.HI/c1-4-22-21(23-15-16-27(25)20-9-7-6-8-10-20)24(3)17-18-11-13-19(14-12-18)26-5-2;/h6-14H,4-5,15-17H2,1-3H3,(H,22,23);1H. The van der Waals surface area contributed by atoms with Crippen molar-refractivity contribution in [2.24, 2.45) is 4.99 Å². The van der Waals surface area contributed by atoms with Gasteiger partial charge in [0.15, 0.2) is 5.96 Å². The van der Waals surface area contributed by atoms with E-state index in [1.807, 2.05) is 63.4 Å². The minimum absolute atomic E-state index is 0. The molecule has 7 heteroatoms. The lowest BCUT2D eigenvalue weighted by Gasteiger charge is -2.22. The van der Waals surface area contributed by atoms with Crippen molar-refractivity contribution in [3.63, 3.8) is 0 Å². The van der Waals surface area contributed by atoms with Crippen molar-refractivity contribution in [1.82, 2.24) is 10.2 Å². The van der Waals surface area contributed by atoms with Crippen LogP contribution in [0.15, 0.2) is 64.5 Å². The van der Waals surface area contributed by atoms with Crippen LogP contribution in [0.1, 0.15) is 19.4 Å². The third-order valence-electron chi connectivity index (χ3n) is 3.89. The van der Waals surface area contributed by atoms with Crippen LogP contribution in [0.4, 0.5) is 0 Å². The largest absolute Gasteiger partial charge is 0.494 e. The number of benzene rings is 2. The van der Waals surface area contributed by atoms with Crippen LogP contribution < -0.4 is 10.1 Å². The predicted octanol–water partition coefficient (Wildman–Crippen LogP) is 3.91. The van der Waals surface area contributed by atoms with Crippen LogP contribution in [0, 0.1) is 0 Å². The molecule has 2 aromatic rings. The van der Waals surface area contributed by atoms with Crippen molar-refractivity contribution < 1.29 is 8.95 Å². The lowest BCUT2D eigenvalue weighted by atomic mass is 10.2. The van der Waals surface area contributed by atoms with Crippen LogP contribution in [0.25, 0.3) is 0 Å². The molecule has 0 saturated carbocycles. The highest BCUT2D eigenvalue weighted by Gasteiger charge is 2.08. The van der Waals surface area contributed by atoms with Gasteiger partial charge in [-0.25, -0.2) is 0 Å². The van der Waals surface area contributed by atoms with Crippen molar-refractivity contribution >= 4 is 40.7 Å². The Morgan fingerprint density at radius 1 is 1.11 bits per heavy atom. The molecule has 0 bridgehead atoms. The summed E-state index contributed by atoms with van der Waals surface area (Å²) in [5.74, 6) is 2.21. The number of hydrogen-bond acceptors (Lipinski definition) is 3. The number of rotatable bonds is 9. The molecule has 0 aromatic heterocycles. The first-order chi connectivity index (χ1) is 13.1. The number of hydrogen-bond donors (Lipinski definition) is 1. The minimum Gasteiger partial charge on any atom is -0.494 e. The van der Waals surface area contributed by atoms with E-state index >= 15 is 0 Å². The molecule has 0 saturated heterocycles. The lowest BCUT2D eigenvalue weighted by molar-refractivity contribution is 0.340. The Kier molecular flexibility index (Phi) is 11.8. The van der Waals surface area contributed by atoms with E-state index in [9.17, 15) is 4.21 Å². The molecule has 0 radical (unpaired) electrons. The van der Waals surface area contributed by atoms with Gasteiger partial charge >= 0.3 is 0 Å². The molecule has 2 rings (SSSR count). The van der Waals surface area contributed by atoms with Gasteiger partial charge in [0.2, 0.25) is 0 Å². The molecule has 1 N–H and O–H groups in total. The van der Waals surface area contributed by atoms with Crippen molar-refractivity contribution in [2.45, 2.75) is 25.3 Å². The van der Waals surface area contributed by atoms with Crippen LogP contribution >= 0.6 is 24.0 Å². The van der Waals surface area contributed by atoms with Gasteiger partial charge in [0.25, 0.3) is 0 Å². The van der Waals surface area contributed by atoms with Gasteiger partial charge in [0, 0.05) is 30.8 Å². The first-order valence-electron chi connectivity index (χ1n) is 9.28. The third kappa shape index (κ3) is 8.18. The number of halogens is 1. The van der Waals surface area contributed by atoms with E-state index in [-0.39, 0.29) is 24.0 Å². The zero-order valence-electron chi connectivity index (χ0n) is 16.8. The molecule has 154 valence electrons. The molecule has 2 aromatic carbocycles. The summed E-state index contributed by atoms with van der Waals surface area (Å²) in [7, 11) is 0.979. The van der Waals surface area contributed by atoms with Gasteiger partial charge in [0.1, 0.15) is 5.75 Å². The topological polar surface area (TPSA) is 53.9 Å². The molecule has 0 aliphatic rings. The average molecular weight is 515 g/mol. The van der Waals surface area contributed by atoms with E-state index in [1.165, 1.54) is 5.56 Å². The van der Waals surface area contributed by atoms with Crippen LogP contribution in [-0.4, -0.2) is 47.6 Å². The summed E-state index contributed by atoms with van der Waals surface area (Å²) in [6.07, 6.45) is 0. The van der Waals surface area contributed by atoms with Gasteiger partial charge in [-0.2, -0.15) is 0 Å². The lowest BCUT2D eigenvalue weighted by Crippen LogP contribution is -2.38. The second kappa shape index (κ2) is 13.5. The fraction of sp³-hybridized carbons (Fsp3) is 0.381. The third-order valence-corrected chi connectivity index (χ3v) is 5.25. The molecule has 5 nitrogen and oxygen atoms in total. The summed E-state index contributed by atoms with van der Waals surface area (Å²) in [4.78, 5) is 7.56. The maximum atomic E-state index is 12.3. The molecule has 0 fully saturated rings. The summed E-state index contributed by atoms with van der Waals surface area (Å²) in [6, 6.07) is 17.6. The number of aliphatic imine (C=N–C) groups is 1. The van der Waals surface area contributed by atoms with E-state index in [0.717, 1.165) is 29.7 Å². The highest BCUT2D eigenvalue weighted by molar-refractivity contribution is 14.0. The number of guanidine groups is 1. The molecule has 28 heavy (non-hydrogen) atoms. The maximum Gasteiger partial charge on any atom is 0.193 e. The molecule has 0 aliphatic heterocycles. The molecule has 0 heterocycles. The van der Waals surface area contributed by atoms with Gasteiger partial charge in [-0.05, 0) is 43.7 Å². The first kappa shape index (κ1) is 24.4. The Labute approximate surface area is 188 Å². The zero-order chi connectivity index (χ0) is 19.5. The van der Waals surface area contributed by atoms with E-state index in [1.54, 1.807) is 0 Å². The van der Waals surface area contributed by atoms with E-state index in [0.29, 0.717) is 18.9 Å². The summed E-state index contributed by atoms with van der Waals surface area (Å²) in [6.45, 7) is 6.72. The van der Waals surface area contributed by atoms with Crippen molar-refractivity contribution in [3.8, 4) is 5.75 Å². The minimum atomic E-state index is -1.03. The zero-order valence-corrected chi connectivity index (χ0v) is 19.9. The normalized spacial score (nSPS) is 12.0. The SMILES string of the molecule is CCNC(=NCCS(=O)c1ccccc1)N(C)Cc1ccc(OCC)cc1.I. The van der Waals surface area contributed by atoms with Gasteiger partial charge in [0.05, 0.1) is 24.0 Å². The Morgan fingerprint density at radius 2 is 1.79 bits per heavy atom. The van der Waals surface area contributed by atoms with Crippen LogP contribution in [0.2, 0.25) is 0 Å². The molecule has 1 unspecified atom stereocenters. The number of nitrogens with one attached hydrogen (secondary N) is 1. The summed E-state index contributed by atoms with van der Waals surface area (Å²) in [5.41, 5.74) is 1.18. The Bertz CT molecular complexity index is 739. The van der Waals surface area contributed by atoms with Crippen LogP contribution in [0.3, 0.4) is 0 Å². The Balaban J connectivity index is 0.00000392. The van der Waals surface area contributed by atoms with E-state index in [4.69, 9.17) is 4.74 Å². The maximum absolute atomic E-state index is 12.3. The van der Waals surface area contributed by atoms with Crippen molar-refractivity contribution in [2.75, 3.05) is 32.5 Å². The van der Waals surface area contributed by atoms with Gasteiger partial charge in [-0.3, -0.25) is 9.20 Å². The molecular formula is C21H30IN3O2S. The molecular weight excluding hydrogens is 485 g/mol. The molecule has 0 aliphatic carbocycles. The van der Waals surface area contributed by atoms with Crippen LogP contribution in [-0.2, 0) is 17.3 Å². The summed E-state index contributed by atoms with van der Waals surface area (Å²) >= 11 is 0. The predicted molar refractivity (Wildman–Crippen MR) is 128 cm³/mol. The quantitative estimate of drug-likeness (QED) is 0.313. The molecule has 0 spiro atoms. The van der Waals surface area contributed by atoms with Crippen molar-refractivity contribution in [3.05, 3.63) is 60.2 Å². The van der Waals surface area contributed by atoms with E-state index in [2.05, 4.69) is 27.3 Å². The highest BCUT2D eigenvalue weighted by Crippen LogP contribution is 2.13. The second-order valence-corrected chi connectivity index (χ2v) is 7.60. The number of nitrogens with zero attached hydrogens (tertiary/aromatic N) is 2. The van der Waals surface area contributed by atoms with Gasteiger partial charge in [-0.15, -0.1) is 24.0 Å². The van der Waals surface area contributed by atoms with Crippen molar-refractivity contribution in [1.29, 1.82) is 0 Å². The smallest absolute Gasteiger partial charge is 0.193 e. The highest BCUT2D eigenvalue weighted by atomic mass is 127. The average Bonchev–Trinajstić information content (AvgIpc) is 2.69. The second-order valence-electron chi connectivity index (χ2n) is 6.03. The van der Waals surface area contributed by atoms with Gasteiger partial charge < -0.3 is 15.0 Å². The molecule has 1 atom stereocenters. The Morgan fingerprint density at radius 3 is 2.39 bits per heavy atom.